The number of ether oxygens (including phenoxy) is 2. The lowest BCUT2D eigenvalue weighted by atomic mass is 10.2. The van der Waals surface area contributed by atoms with Gasteiger partial charge in [-0.15, -0.1) is 0 Å². The third kappa shape index (κ3) is 3.18. The third-order valence-electron chi connectivity index (χ3n) is 3.02. The van der Waals surface area contributed by atoms with E-state index in [4.69, 9.17) is 4.74 Å². The number of aromatic nitrogens is 2. The van der Waals surface area contributed by atoms with Gasteiger partial charge in [0, 0.05) is 32.0 Å². The normalized spacial score (nSPS) is 22.3. The molecular formula is C12H18N4O3. The summed E-state index contributed by atoms with van der Waals surface area (Å²) in [5.74, 6) is 0.119. The Hall–Kier alpha value is -1.73. The molecule has 104 valence electrons. The van der Waals surface area contributed by atoms with E-state index in [0.717, 1.165) is 13.1 Å². The van der Waals surface area contributed by atoms with Crippen LogP contribution in [0.5, 0.6) is 0 Å². The Morgan fingerprint density at radius 1 is 1.42 bits per heavy atom. The highest BCUT2D eigenvalue weighted by Crippen LogP contribution is 2.13. The zero-order valence-electron chi connectivity index (χ0n) is 11.3. The van der Waals surface area contributed by atoms with E-state index in [1.807, 2.05) is 0 Å². The Balaban J connectivity index is 2.16. The molecule has 19 heavy (non-hydrogen) atoms. The highest BCUT2D eigenvalue weighted by Gasteiger charge is 2.27. The van der Waals surface area contributed by atoms with E-state index in [1.165, 1.54) is 7.11 Å². The second-order valence-corrected chi connectivity index (χ2v) is 4.39. The van der Waals surface area contributed by atoms with Crippen LogP contribution in [0, 0.1) is 6.92 Å². The number of carbonyl (C=O) groups is 1. The molecule has 2 atom stereocenters. The van der Waals surface area contributed by atoms with Crippen molar-refractivity contribution in [2.75, 3.05) is 32.6 Å². The average molecular weight is 266 g/mol. The zero-order valence-corrected chi connectivity index (χ0v) is 11.3. The lowest BCUT2D eigenvalue weighted by molar-refractivity contribution is 0.0586. The highest BCUT2D eigenvalue weighted by molar-refractivity contribution is 5.85. The Bertz CT molecular complexity index is 466. The van der Waals surface area contributed by atoms with Crippen LogP contribution in [0.1, 0.15) is 16.3 Å². The molecule has 0 aliphatic carbocycles. The number of nitrogens with zero attached hydrogens (tertiary/aromatic N) is 2. The van der Waals surface area contributed by atoms with Gasteiger partial charge in [-0.3, -0.25) is 0 Å². The van der Waals surface area contributed by atoms with Crippen molar-refractivity contribution >= 4 is 11.8 Å². The molecule has 7 heteroatoms. The number of anilines is 1. The van der Waals surface area contributed by atoms with Crippen LogP contribution in [0.25, 0.3) is 0 Å². The average Bonchev–Trinajstić information content (AvgIpc) is 2.84. The first-order valence-electron chi connectivity index (χ1n) is 6.08. The number of rotatable bonds is 4. The van der Waals surface area contributed by atoms with Crippen LogP contribution >= 0.6 is 0 Å². The van der Waals surface area contributed by atoms with Crippen LogP contribution in [0.15, 0.2) is 6.07 Å². The first kappa shape index (κ1) is 13.7. The molecule has 0 amide bonds. The van der Waals surface area contributed by atoms with Gasteiger partial charge in [-0.25, -0.2) is 14.8 Å². The predicted octanol–water partition coefficient (Wildman–Crippen LogP) is -0.0297. The molecule has 2 N–H and O–H groups in total. The Morgan fingerprint density at radius 3 is 2.89 bits per heavy atom. The maximum Gasteiger partial charge on any atom is 0.376 e. The lowest BCUT2D eigenvalue weighted by Crippen LogP contribution is -2.34. The monoisotopic (exact) mass is 266 g/mol. The summed E-state index contributed by atoms with van der Waals surface area (Å²) in [6, 6.07) is 1.90. The van der Waals surface area contributed by atoms with Gasteiger partial charge in [0.1, 0.15) is 5.82 Å². The van der Waals surface area contributed by atoms with Crippen LogP contribution in [-0.2, 0) is 9.47 Å². The van der Waals surface area contributed by atoms with Crippen molar-refractivity contribution in [3.8, 4) is 0 Å². The van der Waals surface area contributed by atoms with Crippen molar-refractivity contribution in [1.29, 1.82) is 0 Å². The minimum atomic E-state index is -0.542. The third-order valence-corrected chi connectivity index (χ3v) is 3.02. The Morgan fingerprint density at radius 2 is 2.21 bits per heavy atom. The van der Waals surface area contributed by atoms with E-state index < -0.39 is 5.97 Å². The number of hydrogen-bond donors (Lipinski definition) is 2. The first-order chi connectivity index (χ1) is 9.13. The molecule has 1 unspecified atom stereocenters. The molecule has 0 saturated carbocycles. The maximum atomic E-state index is 11.5. The molecule has 7 nitrogen and oxygen atoms in total. The summed E-state index contributed by atoms with van der Waals surface area (Å²) in [5, 5.41) is 6.49. The number of carbonyl (C=O) groups excluding carboxylic acids is 1. The van der Waals surface area contributed by atoms with E-state index in [2.05, 4.69) is 25.3 Å². The second kappa shape index (κ2) is 5.94. The van der Waals surface area contributed by atoms with E-state index in [-0.39, 0.29) is 18.0 Å². The van der Waals surface area contributed by atoms with Crippen LogP contribution in [0.2, 0.25) is 0 Å². The van der Waals surface area contributed by atoms with Crippen molar-refractivity contribution in [2.24, 2.45) is 0 Å². The number of nitrogens with one attached hydrogen (secondary N) is 2. The number of esters is 1. The second-order valence-electron chi connectivity index (χ2n) is 4.39. The summed E-state index contributed by atoms with van der Waals surface area (Å²) in [4.78, 5) is 19.7. The van der Waals surface area contributed by atoms with E-state index in [0.29, 0.717) is 11.5 Å². The molecule has 1 aromatic rings. The van der Waals surface area contributed by atoms with Crippen molar-refractivity contribution < 1.29 is 14.3 Å². The van der Waals surface area contributed by atoms with Gasteiger partial charge in [0.05, 0.1) is 19.3 Å². The van der Waals surface area contributed by atoms with Crippen LogP contribution in [-0.4, -0.2) is 55.4 Å². The van der Waals surface area contributed by atoms with Gasteiger partial charge in [-0.2, -0.15) is 0 Å². The fraction of sp³-hybridized carbons (Fsp3) is 0.583. The standard InChI is InChI=1S/C12H18N4O3/c1-7-4-10(16-11(14-7)12(17)19-3)15-8-5-13-6-9(8)18-2/h4,8-9,13H,5-6H2,1-3H3,(H,14,15,16)/t8?,9-/m0/s1. The number of hydrogen-bond acceptors (Lipinski definition) is 7. The summed E-state index contributed by atoms with van der Waals surface area (Å²) in [6.45, 7) is 3.39. The molecule has 2 rings (SSSR count). The SMILES string of the molecule is COC(=O)c1nc(C)cc(NC2CNC[C@@H]2OC)n1. The Kier molecular flexibility index (Phi) is 4.28. The molecular weight excluding hydrogens is 248 g/mol. The van der Waals surface area contributed by atoms with E-state index >= 15 is 0 Å². The summed E-state index contributed by atoms with van der Waals surface area (Å²) in [5.41, 5.74) is 0.706. The summed E-state index contributed by atoms with van der Waals surface area (Å²) >= 11 is 0. The molecule has 1 saturated heterocycles. The van der Waals surface area contributed by atoms with Crippen molar-refractivity contribution in [1.82, 2.24) is 15.3 Å². The lowest BCUT2D eigenvalue weighted by Gasteiger charge is -2.19. The summed E-state index contributed by atoms with van der Waals surface area (Å²) in [7, 11) is 2.99. The summed E-state index contributed by atoms with van der Waals surface area (Å²) in [6.07, 6.45) is 0.0804. The van der Waals surface area contributed by atoms with Gasteiger partial charge >= 0.3 is 5.97 Å². The molecule has 1 aliphatic heterocycles. The number of aryl methyl sites for hydroxylation is 1. The topological polar surface area (TPSA) is 85.4 Å². The number of methoxy groups -OCH3 is 2. The van der Waals surface area contributed by atoms with Crippen LogP contribution in [0.3, 0.4) is 0 Å². The molecule has 2 heterocycles. The zero-order chi connectivity index (χ0) is 13.8. The molecule has 1 fully saturated rings. The maximum absolute atomic E-state index is 11.5. The first-order valence-corrected chi connectivity index (χ1v) is 6.08. The molecule has 1 aromatic heterocycles. The smallest absolute Gasteiger partial charge is 0.376 e. The molecule has 0 bridgehead atoms. The fourth-order valence-corrected chi connectivity index (χ4v) is 2.06. The van der Waals surface area contributed by atoms with Crippen LogP contribution in [0.4, 0.5) is 5.82 Å². The van der Waals surface area contributed by atoms with Crippen LogP contribution < -0.4 is 10.6 Å². The van der Waals surface area contributed by atoms with Gasteiger partial charge in [-0.05, 0) is 6.92 Å². The van der Waals surface area contributed by atoms with Gasteiger partial charge in [-0.1, -0.05) is 0 Å². The van der Waals surface area contributed by atoms with Crippen molar-refractivity contribution in [2.45, 2.75) is 19.1 Å². The van der Waals surface area contributed by atoms with Gasteiger partial charge in [0.15, 0.2) is 0 Å². The van der Waals surface area contributed by atoms with Gasteiger partial charge in [0.25, 0.3) is 0 Å². The minimum absolute atomic E-state index is 0.0601. The van der Waals surface area contributed by atoms with Gasteiger partial charge < -0.3 is 20.1 Å². The molecule has 0 spiro atoms. The molecule has 0 radical (unpaired) electrons. The van der Waals surface area contributed by atoms with Gasteiger partial charge in [0.2, 0.25) is 5.82 Å². The van der Waals surface area contributed by atoms with Crippen molar-refractivity contribution in [3.63, 3.8) is 0 Å². The molecule has 1 aliphatic rings. The Labute approximate surface area is 111 Å². The van der Waals surface area contributed by atoms with Crippen molar-refractivity contribution in [3.05, 3.63) is 17.6 Å². The quantitative estimate of drug-likeness (QED) is 0.740. The fourth-order valence-electron chi connectivity index (χ4n) is 2.06. The molecule has 0 aromatic carbocycles. The van der Waals surface area contributed by atoms with E-state index in [1.54, 1.807) is 20.1 Å². The largest absolute Gasteiger partial charge is 0.463 e. The predicted molar refractivity (Wildman–Crippen MR) is 69.2 cm³/mol. The minimum Gasteiger partial charge on any atom is -0.463 e. The van der Waals surface area contributed by atoms with E-state index in [9.17, 15) is 4.79 Å². The highest BCUT2D eigenvalue weighted by atomic mass is 16.5. The summed E-state index contributed by atoms with van der Waals surface area (Å²) < 4.78 is 9.99.